The van der Waals surface area contributed by atoms with Crippen LogP contribution in [0.5, 0.6) is 11.5 Å². The summed E-state index contributed by atoms with van der Waals surface area (Å²) in [6.07, 6.45) is 0.345. The second-order valence-electron chi connectivity index (χ2n) is 4.64. The Morgan fingerprint density at radius 3 is 2.50 bits per heavy atom. The average molecular weight is 222 g/mol. The molecule has 1 N–H and O–H groups in total. The van der Waals surface area contributed by atoms with E-state index in [9.17, 15) is 9.90 Å². The predicted molar refractivity (Wildman–Crippen MR) is 63.1 cm³/mol. The van der Waals surface area contributed by atoms with Crippen LogP contribution in [0, 0.1) is 0 Å². The molecule has 0 fully saturated rings. The fourth-order valence-corrected chi connectivity index (χ4v) is 1.39. The molecule has 0 unspecified atom stereocenters. The van der Waals surface area contributed by atoms with Crippen molar-refractivity contribution in [1.29, 1.82) is 0 Å². The molecular weight excluding hydrogens is 204 g/mol. The Balaban J connectivity index is 3.18. The summed E-state index contributed by atoms with van der Waals surface area (Å²) in [6, 6.07) is 4.87. The fraction of sp³-hybridized carbons (Fsp3) is 0.462. The van der Waals surface area contributed by atoms with E-state index in [1.54, 1.807) is 19.1 Å². The van der Waals surface area contributed by atoms with Gasteiger partial charge in [-0.15, -0.1) is 0 Å². The molecule has 1 aromatic carbocycles. The van der Waals surface area contributed by atoms with Gasteiger partial charge in [0.2, 0.25) is 0 Å². The van der Waals surface area contributed by atoms with Gasteiger partial charge >= 0.3 is 0 Å². The van der Waals surface area contributed by atoms with Gasteiger partial charge in [-0.1, -0.05) is 13.0 Å². The second kappa shape index (κ2) is 4.56. The minimum absolute atomic E-state index is 0.0198. The number of hydrogen-bond donors (Lipinski definition) is 1. The molecule has 0 aliphatic carbocycles. The van der Waals surface area contributed by atoms with E-state index in [0.29, 0.717) is 12.2 Å². The van der Waals surface area contributed by atoms with Crippen molar-refractivity contribution < 1.29 is 14.6 Å². The largest absolute Gasteiger partial charge is 0.507 e. The molecule has 0 aromatic heterocycles. The van der Waals surface area contributed by atoms with Crippen LogP contribution in [0.15, 0.2) is 18.2 Å². The Kier molecular flexibility index (Phi) is 3.58. The highest BCUT2D eigenvalue weighted by molar-refractivity contribution is 6.01. The van der Waals surface area contributed by atoms with Crippen LogP contribution in [0.1, 0.15) is 44.5 Å². The number of carbonyl (C=O) groups is 1. The summed E-state index contributed by atoms with van der Waals surface area (Å²) in [5, 5.41) is 9.69. The van der Waals surface area contributed by atoms with Gasteiger partial charge in [-0.3, -0.25) is 4.79 Å². The van der Waals surface area contributed by atoms with E-state index in [2.05, 4.69) is 0 Å². The second-order valence-corrected chi connectivity index (χ2v) is 4.64. The Bertz CT molecular complexity index is 389. The van der Waals surface area contributed by atoms with Gasteiger partial charge in [0, 0.05) is 6.42 Å². The summed E-state index contributed by atoms with van der Waals surface area (Å²) in [6.45, 7) is 7.46. The van der Waals surface area contributed by atoms with Gasteiger partial charge in [0.25, 0.3) is 0 Å². The average Bonchev–Trinajstić information content (AvgIpc) is 2.14. The van der Waals surface area contributed by atoms with Crippen molar-refractivity contribution in [1.82, 2.24) is 0 Å². The van der Waals surface area contributed by atoms with Crippen molar-refractivity contribution in [3.63, 3.8) is 0 Å². The van der Waals surface area contributed by atoms with Crippen molar-refractivity contribution in [2.45, 2.75) is 39.7 Å². The zero-order valence-electron chi connectivity index (χ0n) is 10.2. The van der Waals surface area contributed by atoms with Crippen molar-refractivity contribution in [2.24, 2.45) is 0 Å². The van der Waals surface area contributed by atoms with Crippen molar-refractivity contribution in [3.8, 4) is 11.5 Å². The maximum absolute atomic E-state index is 11.7. The first-order valence-corrected chi connectivity index (χ1v) is 5.39. The third-order valence-electron chi connectivity index (χ3n) is 2.02. The van der Waals surface area contributed by atoms with Gasteiger partial charge in [-0.2, -0.15) is 0 Å². The standard InChI is InChI=1S/C13H18O3/c1-5-9(14)12-10(15)7-6-8-11(12)16-13(2,3)4/h6-8,15H,5H2,1-4H3. The number of phenols is 1. The summed E-state index contributed by atoms with van der Waals surface area (Å²) in [5.74, 6) is 0.310. The first kappa shape index (κ1) is 12.6. The third-order valence-corrected chi connectivity index (χ3v) is 2.02. The third kappa shape index (κ3) is 2.99. The topological polar surface area (TPSA) is 46.5 Å². The number of phenolic OH excluding ortho intramolecular Hbond substituents is 1. The van der Waals surface area contributed by atoms with E-state index >= 15 is 0 Å². The van der Waals surface area contributed by atoms with Crippen molar-refractivity contribution in [2.75, 3.05) is 0 Å². The summed E-state index contributed by atoms with van der Waals surface area (Å²) >= 11 is 0. The lowest BCUT2D eigenvalue weighted by atomic mass is 10.1. The number of Topliss-reactive ketones (excluding diaryl/α,β-unsaturated/α-hetero) is 1. The molecule has 0 atom stereocenters. The summed E-state index contributed by atoms with van der Waals surface area (Å²) in [5.41, 5.74) is -0.115. The minimum atomic E-state index is -0.392. The van der Waals surface area contributed by atoms with Crippen molar-refractivity contribution >= 4 is 5.78 Å². The molecule has 0 heterocycles. The van der Waals surface area contributed by atoms with E-state index in [1.807, 2.05) is 20.8 Å². The molecule has 0 saturated carbocycles. The van der Waals surface area contributed by atoms with Gasteiger partial charge < -0.3 is 9.84 Å². The fourth-order valence-electron chi connectivity index (χ4n) is 1.39. The Labute approximate surface area is 96.1 Å². The summed E-state index contributed by atoms with van der Waals surface area (Å²) in [7, 11) is 0. The van der Waals surface area contributed by atoms with E-state index in [4.69, 9.17) is 4.74 Å². The molecule has 0 radical (unpaired) electrons. The maximum Gasteiger partial charge on any atom is 0.170 e. The zero-order chi connectivity index (χ0) is 12.3. The van der Waals surface area contributed by atoms with Crippen molar-refractivity contribution in [3.05, 3.63) is 23.8 Å². The molecule has 0 aliphatic rings. The number of benzene rings is 1. The Hall–Kier alpha value is -1.51. The van der Waals surface area contributed by atoms with Gasteiger partial charge in [0.05, 0.1) is 0 Å². The SMILES string of the molecule is CCC(=O)c1c(O)cccc1OC(C)(C)C. The van der Waals surface area contributed by atoms with Crippen LogP contribution in [0.25, 0.3) is 0 Å². The van der Waals surface area contributed by atoms with Gasteiger partial charge in [-0.05, 0) is 32.9 Å². The molecule has 1 aromatic rings. The van der Waals surface area contributed by atoms with Gasteiger partial charge in [0.15, 0.2) is 5.78 Å². The monoisotopic (exact) mass is 222 g/mol. The molecule has 3 heteroatoms. The lowest BCUT2D eigenvalue weighted by Gasteiger charge is -2.23. The highest BCUT2D eigenvalue weighted by Crippen LogP contribution is 2.31. The lowest BCUT2D eigenvalue weighted by Crippen LogP contribution is -2.24. The number of hydrogen-bond acceptors (Lipinski definition) is 3. The molecule has 88 valence electrons. The number of ether oxygens (including phenoxy) is 1. The van der Waals surface area contributed by atoms with Crippen LogP contribution in [-0.4, -0.2) is 16.5 Å². The molecule has 3 nitrogen and oxygen atoms in total. The maximum atomic E-state index is 11.7. The lowest BCUT2D eigenvalue weighted by molar-refractivity contribution is 0.0962. The molecule has 0 spiro atoms. The predicted octanol–water partition coefficient (Wildman–Crippen LogP) is 3.16. The molecule has 1 rings (SSSR count). The Morgan fingerprint density at radius 1 is 1.38 bits per heavy atom. The van der Waals surface area contributed by atoms with Gasteiger partial charge in [-0.25, -0.2) is 0 Å². The zero-order valence-corrected chi connectivity index (χ0v) is 10.2. The highest BCUT2D eigenvalue weighted by Gasteiger charge is 2.20. The molecular formula is C13H18O3. The van der Waals surface area contributed by atoms with Crippen LogP contribution < -0.4 is 4.74 Å². The molecule has 0 bridgehead atoms. The normalized spacial score (nSPS) is 11.2. The van der Waals surface area contributed by atoms with Crippen LogP contribution in [0.4, 0.5) is 0 Å². The highest BCUT2D eigenvalue weighted by atomic mass is 16.5. The number of rotatable bonds is 3. The molecule has 0 aliphatic heterocycles. The quantitative estimate of drug-likeness (QED) is 0.799. The first-order chi connectivity index (χ1) is 7.35. The van der Waals surface area contributed by atoms with Crippen LogP contribution in [0.2, 0.25) is 0 Å². The first-order valence-electron chi connectivity index (χ1n) is 5.39. The number of ketones is 1. The summed E-state index contributed by atoms with van der Waals surface area (Å²) in [4.78, 5) is 11.7. The summed E-state index contributed by atoms with van der Waals surface area (Å²) < 4.78 is 5.66. The number of aromatic hydroxyl groups is 1. The van der Waals surface area contributed by atoms with E-state index in [1.165, 1.54) is 6.07 Å². The van der Waals surface area contributed by atoms with Crippen LogP contribution in [0.3, 0.4) is 0 Å². The smallest absolute Gasteiger partial charge is 0.170 e. The van der Waals surface area contributed by atoms with Crippen LogP contribution in [-0.2, 0) is 0 Å². The van der Waals surface area contributed by atoms with E-state index in [-0.39, 0.29) is 17.1 Å². The molecule has 0 amide bonds. The Morgan fingerprint density at radius 2 is 2.00 bits per heavy atom. The van der Waals surface area contributed by atoms with Crippen LogP contribution >= 0.6 is 0 Å². The van der Waals surface area contributed by atoms with E-state index in [0.717, 1.165) is 0 Å². The number of carbonyl (C=O) groups excluding carboxylic acids is 1. The van der Waals surface area contributed by atoms with E-state index < -0.39 is 5.60 Å². The van der Waals surface area contributed by atoms with Gasteiger partial charge in [0.1, 0.15) is 22.7 Å². The molecule has 0 saturated heterocycles. The minimum Gasteiger partial charge on any atom is -0.507 e. The molecule has 16 heavy (non-hydrogen) atoms.